The molecule has 0 saturated carbocycles. The van der Waals surface area contributed by atoms with E-state index in [0.717, 1.165) is 30.1 Å². The molecule has 1 aliphatic rings. The van der Waals surface area contributed by atoms with Crippen molar-refractivity contribution in [1.82, 2.24) is 14.6 Å². The Labute approximate surface area is 151 Å². The van der Waals surface area contributed by atoms with E-state index >= 15 is 0 Å². The van der Waals surface area contributed by atoms with Crippen molar-refractivity contribution in [2.75, 3.05) is 30.4 Å². The van der Waals surface area contributed by atoms with Gasteiger partial charge in [0.2, 0.25) is 0 Å². The van der Waals surface area contributed by atoms with Crippen LogP contribution in [0.2, 0.25) is 0 Å². The molecule has 0 spiro atoms. The maximum Gasteiger partial charge on any atom is 0.276 e. The third kappa shape index (κ3) is 3.08. The van der Waals surface area contributed by atoms with Gasteiger partial charge in [-0.05, 0) is 31.9 Å². The Kier molecular flexibility index (Phi) is 4.20. The Morgan fingerprint density at radius 3 is 2.81 bits per heavy atom. The van der Waals surface area contributed by atoms with Crippen LogP contribution in [0.3, 0.4) is 0 Å². The van der Waals surface area contributed by atoms with Crippen molar-refractivity contribution in [3.05, 3.63) is 47.9 Å². The molecule has 1 N–H and O–H groups in total. The molecule has 1 aromatic carbocycles. The molecule has 4 rings (SSSR count). The molecule has 7 heteroatoms. The molecule has 0 aliphatic carbocycles. The van der Waals surface area contributed by atoms with E-state index in [-0.39, 0.29) is 5.91 Å². The second-order valence-electron chi connectivity index (χ2n) is 6.45. The first kappa shape index (κ1) is 16.4. The fourth-order valence-electron chi connectivity index (χ4n) is 3.26. The highest BCUT2D eigenvalue weighted by Crippen LogP contribution is 2.25. The van der Waals surface area contributed by atoms with Crippen molar-refractivity contribution in [2.45, 2.75) is 19.8 Å². The van der Waals surface area contributed by atoms with E-state index in [2.05, 4.69) is 20.3 Å². The van der Waals surface area contributed by atoms with E-state index < -0.39 is 0 Å². The van der Waals surface area contributed by atoms with Crippen LogP contribution in [0, 0.1) is 6.92 Å². The number of nitrogens with zero attached hydrogens (tertiary/aromatic N) is 4. The third-order valence-electron chi connectivity index (χ3n) is 4.52. The molecule has 26 heavy (non-hydrogen) atoms. The second-order valence-corrected chi connectivity index (χ2v) is 6.45. The molecule has 2 aromatic heterocycles. The summed E-state index contributed by atoms with van der Waals surface area (Å²) in [6.45, 7) is 3.92. The lowest BCUT2D eigenvalue weighted by atomic mass is 10.3. The lowest BCUT2D eigenvalue weighted by molar-refractivity contribution is 0.102. The number of anilines is 2. The molecule has 1 saturated heterocycles. The Hall–Kier alpha value is -3.09. The van der Waals surface area contributed by atoms with E-state index in [9.17, 15) is 4.79 Å². The monoisotopic (exact) mass is 351 g/mol. The van der Waals surface area contributed by atoms with Crippen molar-refractivity contribution in [3.63, 3.8) is 0 Å². The number of hydrogen-bond donors (Lipinski definition) is 1. The maximum atomic E-state index is 12.6. The highest BCUT2D eigenvalue weighted by Gasteiger charge is 2.20. The molecule has 134 valence electrons. The summed E-state index contributed by atoms with van der Waals surface area (Å²) in [6.07, 6.45) is 4.18. The topological polar surface area (TPSA) is 71.8 Å². The van der Waals surface area contributed by atoms with E-state index in [0.29, 0.717) is 17.1 Å². The van der Waals surface area contributed by atoms with Gasteiger partial charge in [-0.3, -0.25) is 4.79 Å². The molecule has 3 heterocycles. The Morgan fingerprint density at radius 1 is 1.23 bits per heavy atom. The first-order valence-electron chi connectivity index (χ1n) is 8.71. The van der Waals surface area contributed by atoms with Gasteiger partial charge in [-0.2, -0.15) is 5.10 Å². The number of carbonyl (C=O) groups is 1. The van der Waals surface area contributed by atoms with Crippen LogP contribution in [0.15, 0.2) is 36.5 Å². The summed E-state index contributed by atoms with van der Waals surface area (Å²) in [5, 5.41) is 7.32. The Morgan fingerprint density at radius 2 is 2.04 bits per heavy atom. The number of aryl methyl sites for hydroxylation is 1. The predicted octanol–water partition coefficient (Wildman–Crippen LogP) is 2.90. The molecule has 0 unspecified atom stereocenters. The summed E-state index contributed by atoms with van der Waals surface area (Å²) < 4.78 is 6.94. The van der Waals surface area contributed by atoms with Gasteiger partial charge in [0.05, 0.1) is 19.0 Å². The zero-order valence-electron chi connectivity index (χ0n) is 14.9. The zero-order chi connectivity index (χ0) is 18.1. The summed E-state index contributed by atoms with van der Waals surface area (Å²) in [7, 11) is 1.60. The average molecular weight is 351 g/mol. The number of benzene rings is 1. The van der Waals surface area contributed by atoms with E-state index in [1.165, 1.54) is 12.8 Å². The number of carbonyl (C=O) groups excluding carboxylic acids is 1. The van der Waals surface area contributed by atoms with Crippen LogP contribution in [-0.4, -0.2) is 40.7 Å². The highest BCUT2D eigenvalue weighted by atomic mass is 16.5. The highest BCUT2D eigenvalue weighted by molar-refractivity contribution is 6.04. The number of rotatable bonds is 4. The van der Waals surface area contributed by atoms with Gasteiger partial charge in [0.15, 0.2) is 11.5 Å². The van der Waals surface area contributed by atoms with Gasteiger partial charge in [-0.25, -0.2) is 9.50 Å². The minimum atomic E-state index is -0.257. The molecule has 0 bridgehead atoms. The summed E-state index contributed by atoms with van der Waals surface area (Å²) in [4.78, 5) is 19.6. The Bertz CT molecular complexity index is 960. The minimum absolute atomic E-state index is 0.257. The van der Waals surface area contributed by atoms with E-state index in [4.69, 9.17) is 4.74 Å². The predicted molar refractivity (Wildman–Crippen MR) is 100 cm³/mol. The van der Waals surface area contributed by atoms with Crippen LogP contribution in [0.25, 0.3) is 5.52 Å². The summed E-state index contributed by atoms with van der Waals surface area (Å²) >= 11 is 0. The zero-order valence-corrected chi connectivity index (χ0v) is 14.9. The summed E-state index contributed by atoms with van der Waals surface area (Å²) in [5.74, 6) is 1.33. The van der Waals surface area contributed by atoms with Crippen LogP contribution in [-0.2, 0) is 0 Å². The largest absolute Gasteiger partial charge is 0.497 e. The first-order chi connectivity index (χ1) is 12.6. The first-order valence-corrected chi connectivity index (χ1v) is 8.71. The van der Waals surface area contributed by atoms with Gasteiger partial charge in [-0.15, -0.1) is 0 Å². The number of aromatic nitrogens is 3. The van der Waals surface area contributed by atoms with Gasteiger partial charge in [-0.1, -0.05) is 6.07 Å². The fourth-order valence-corrected chi connectivity index (χ4v) is 3.26. The maximum absolute atomic E-state index is 12.6. The fraction of sp³-hybridized carbons (Fsp3) is 0.316. The SMILES string of the molecule is COc1cccc(NC(=O)c2cc3c(N4CCCC4)nc(C)cn3n2)c1. The molecule has 1 aliphatic heterocycles. The molecule has 3 aromatic rings. The molecule has 0 radical (unpaired) electrons. The van der Waals surface area contributed by atoms with Gasteiger partial charge in [0, 0.05) is 30.9 Å². The number of ether oxygens (including phenoxy) is 1. The van der Waals surface area contributed by atoms with E-state index in [1.807, 2.05) is 31.3 Å². The molecular weight excluding hydrogens is 330 g/mol. The van der Waals surface area contributed by atoms with Gasteiger partial charge in [0.25, 0.3) is 5.91 Å². The minimum Gasteiger partial charge on any atom is -0.497 e. The summed E-state index contributed by atoms with van der Waals surface area (Å²) in [5.41, 5.74) is 2.76. The van der Waals surface area contributed by atoms with Crippen LogP contribution in [0.5, 0.6) is 5.75 Å². The lowest BCUT2D eigenvalue weighted by Gasteiger charge is -2.17. The Balaban J connectivity index is 1.66. The van der Waals surface area contributed by atoms with Crippen molar-refractivity contribution in [1.29, 1.82) is 0 Å². The number of fused-ring (bicyclic) bond motifs is 1. The second kappa shape index (κ2) is 6.67. The van der Waals surface area contributed by atoms with Crippen molar-refractivity contribution < 1.29 is 9.53 Å². The van der Waals surface area contributed by atoms with Crippen molar-refractivity contribution in [3.8, 4) is 5.75 Å². The van der Waals surface area contributed by atoms with Gasteiger partial charge >= 0.3 is 0 Å². The smallest absolute Gasteiger partial charge is 0.276 e. The summed E-state index contributed by atoms with van der Waals surface area (Å²) in [6, 6.07) is 9.05. The van der Waals surface area contributed by atoms with Crippen LogP contribution in [0.4, 0.5) is 11.5 Å². The van der Waals surface area contributed by atoms with Gasteiger partial charge < -0.3 is 15.0 Å². The number of nitrogens with one attached hydrogen (secondary N) is 1. The lowest BCUT2D eigenvalue weighted by Crippen LogP contribution is -2.20. The van der Waals surface area contributed by atoms with Crippen molar-refractivity contribution >= 4 is 22.9 Å². The number of amides is 1. The quantitative estimate of drug-likeness (QED) is 0.782. The third-order valence-corrected chi connectivity index (χ3v) is 4.52. The number of hydrogen-bond acceptors (Lipinski definition) is 5. The van der Waals surface area contributed by atoms with Crippen LogP contribution in [0.1, 0.15) is 29.0 Å². The molecular formula is C19H21N5O2. The van der Waals surface area contributed by atoms with Gasteiger partial charge in [0.1, 0.15) is 11.3 Å². The molecule has 0 atom stereocenters. The van der Waals surface area contributed by atoms with E-state index in [1.54, 1.807) is 23.8 Å². The van der Waals surface area contributed by atoms with Crippen LogP contribution >= 0.6 is 0 Å². The number of methoxy groups -OCH3 is 1. The molecule has 1 amide bonds. The molecule has 1 fully saturated rings. The van der Waals surface area contributed by atoms with Crippen LogP contribution < -0.4 is 15.0 Å². The average Bonchev–Trinajstić information content (AvgIpc) is 3.30. The normalized spacial score (nSPS) is 14.0. The standard InChI is InChI=1S/C19H21N5O2/c1-13-12-24-17(18(20-13)23-8-3-4-9-23)11-16(22-24)19(25)21-14-6-5-7-15(10-14)26-2/h5-7,10-12H,3-4,8-9H2,1-2H3,(H,21,25). The molecule has 7 nitrogen and oxygen atoms in total. The van der Waals surface area contributed by atoms with Crippen molar-refractivity contribution in [2.24, 2.45) is 0 Å².